The Bertz CT molecular complexity index is 525. The van der Waals surface area contributed by atoms with Crippen LogP contribution in [0.1, 0.15) is 10.4 Å². The van der Waals surface area contributed by atoms with Crippen molar-refractivity contribution in [2.75, 3.05) is 0 Å². The summed E-state index contributed by atoms with van der Waals surface area (Å²) < 4.78 is 11.7. The zero-order valence-corrected chi connectivity index (χ0v) is 10.8. The fourth-order valence-electron chi connectivity index (χ4n) is 1.55. The first-order valence-corrected chi connectivity index (χ1v) is 7.78. The predicted molar refractivity (Wildman–Crippen MR) is 67.1 cm³/mol. The summed E-state index contributed by atoms with van der Waals surface area (Å²) in [5.41, 5.74) is 0.193. The van der Waals surface area contributed by atoms with E-state index in [-0.39, 0.29) is 5.56 Å². The van der Waals surface area contributed by atoms with Crippen molar-refractivity contribution in [3.8, 4) is 0 Å². The number of benzene rings is 2. The Morgan fingerprint density at radius 2 is 1.53 bits per heavy atom. The second kappa shape index (κ2) is 5.17. The number of carbonyl (C=O) groups is 1. The van der Waals surface area contributed by atoms with Crippen molar-refractivity contribution in [1.29, 1.82) is 0 Å². The molecule has 0 heterocycles. The molecule has 17 heavy (non-hydrogen) atoms. The third-order valence-electron chi connectivity index (χ3n) is 2.36. The van der Waals surface area contributed by atoms with Crippen LogP contribution < -0.4 is 8.70 Å². The zero-order chi connectivity index (χ0) is 12.3. The quantitative estimate of drug-likeness (QED) is 0.809. The molecule has 86 valence electrons. The van der Waals surface area contributed by atoms with Gasteiger partial charge in [0.15, 0.2) is 0 Å². The van der Waals surface area contributed by atoms with Crippen molar-refractivity contribution in [1.82, 2.24) is 0 Å². The molecule has 0 amide bonds. The minimum atomic E-state index is -2.47. The van der Waals surface area contributed by atoms with Gasteiger partial charge >= 0.3 is 104 Å². The van der Waals surface area contributed by atoms with Crippen LogP contribution in [0.4, 0.5) is 0 Å². The van der Waals surface area contributed by atoms with Crippen molar-refractivity contribution in [2.24, 2.45) is 0 Å². The minimum absolute atomic E-state index is 0.193. The maximum atomic E-state index is 11.1. The summed E-state index contributed by atoms with van der Waals surface area (Å²) in [6, 6.07) is 15.9. The van der Waals surface area contributed by atoms with E-state index in [0.717, 1.165) is 4.35 Å². The summed E-state index contributed by atoms with van der Waals surface area (Å²) in [6.07, 6.45) is 0. The molecule has 2 N–H and O–H groups in total. The van der Waals surface area contributed by atoms with Gasteiger partial charge in [0, 0.05) is 0 Å². The molecule has 0 saturated carbocycles. The van der Waals surface area contributed by atoms with Crippen LogP contribution in [0.5, 0.6) is 0 Å². The summed E-state index contributed by atoms with van der Waals surface area (Å²) in [5.74, 6) is -0.995. The molecule has 0 spiro atoms. The first-order valence-electron chi connectivity index (χ1n) is 5.06. The second-order valence-corrected chi connectivity index (χ2v) is 6.87. The van der Waals surface area contributed by atoms with Crippen LogP contribution in [-0.4, -0.2) is 30.2 Å². The van der Waals surface area contributed by atoms with Gasteiger partial charge in [0.05, 0.1) is 0 Å². The molecule has 2 aromatic carbocycles. The third-order valence-corrected chi connectivity index (χ3v) is 5.79. The zero-order valence-electron chi connectivity index (χ0n) is 8.95. The maximum absolute atomic E-state index is 11.1. The van der Waals surface area contributed by atoms with E-state index >= 15 is 0 Å². The van der Waals surface area contributed by atoms with Crippen LogP contribution in [0.3, 0.4) is 0 Å². The first-order chi connectivity index (χ1) is 8.20. The van der Waals surface area contributed by atoms with Gasteiger partial charge in [0.2, 0.25) is 0 Å². The molecule has 0 aliphatic heterocycles. The molecule has 2 rings (SSSR count). The van der Waals surface area contributed by atoms with Gasteiger partial charge in [0.1, 0.15) is 0 Å². The molecule has 2 aromatic rings. The molecule has 0 fully saturated rings. The van der Waals surface area contributed by atoms with Crippen LogP contribution in [-0.2, 0) is 0 Å². The summed E-state index contributed by atoms with van der Waals surface area (Å²) in [5, 5.41) is 9.07. The van der Waals surface area contributed by atoms with Gasteiger partial charge in [-0.3, -0.25) is 0 Å². The summed E-state index contributed by atoms with van der Waals surface area (Å²) in [6.45, 7) is 0. The Kier molecular flexibility index (Phi) is 3.62. The van der Waals surface area contributed by atoms with E-state index in [9.17, 15) is 8.89 Å². The fourth-order valence-corrected chi connectivity index (χ4v) is 4.40. The molecular formula is C13H11AsO3. The Balaban J connectivity index is 2.44. The van der Waals surface area contributed by atoms with Gasteiger partial charge in [-0.2, -0.15) is 0 Å². The normalized spacial score (nSPS) is 12.1. The topological polar surface area (TPSA) is 57.5 Å². The van der Waals surface area contributed by atoms with E-state index in [2.05, 4.69) is 0 Å². The second-order valence-electron chi connectivity index (χ2n) is 3.47. The van der Waals surface area contributed by atoms with Crippen LogP contribution in [0.15, 0.2) is 54.6 Å². The van der Waals surface area contributed by atoms with Crippen LogP contribution in [0.25, 0.3) is 0 Å². The molecule has 0 aliphatic rings. The molecule has 3 nitrogen and oxygen atoms in total. The molecule has 1 unspecified atom stereocenters. The molecule has 1 atom stereocenters. The molecule has 0 radical (unpaired) electrons. The third kappa shape index (κ3) is 2.57. The van der Waals surface area contributed by atoms with Gasteiger partial charge < -0.3 is 0 Å². The standard InChI is InChI=1S/C13H11AsO3/c15-13(16)11-8-4-5-9-12(11)14(17)10-6-2-1-3-7-10/h1-9,17H,(H,15,16). The Labute approximate surface area is 104 Å². The van der Waals surface area contributed by atoms with Crippen LogP contribution >= 0.6 is 0 Å². The van der Waals surface area contributed by atoms with Crippen molar-refractivity contribution < 1.29 is 14.0 Å². The average molecular weight is 290 g/mol. The van der Waals surface area contributed by atoms with Crippen LogP contribution in [0.2, 0.25) is 0 Å². The van der Waals surface area contributed by atoms with Gasteiger partial charge in [-0.1, -0.05) is 0 Å². The number of hydrogen-bond acceptors (Lipinski definition) is 2. The first kappa shape index (κ1) is 11.9. The van der Waals surface area contributed by atoms with Crippen molar-refractivity contribution in [3.05, 3.63) is 60.2 Å². The molecule has 0 aliphatic carbocycles. The molecular weight excluding hydrogens is 279 g/mol. The summed E-state index contributed by atoms with van der Waals surface area (Å²) in [4.78, 5) is 11.1. The van der Waals surface area contributed by atoms with E-state index in [1.807, 2.05) is 30.3 Å². The number of rotatable bonds is 3. The summed E-state index contributed by atoms with van der Waals surface area (Å²) >= 11 is -2.47. The number of hydrogen-bond donors (Lipinski definition) is 2. The van der Waals surface area contributed by atoms with E-state index in [1.165, 1.54) is 6.07 Å². The average Bonchev–Trinajstić information content (AvgIpc) is 2.39. The molecule has 0 saturated heterocycles. The monoisotopic (exact) mass is 290 g/mol. The van der Waals surface area contributed by atoms with E-state index < -0.39 is 21.0 Å². The van der Waals surface area contributed by atoms with Gasteiger partial charge in [-0.25, -0.2) is 0 Å². The number of carboxylic acid groups (broad SMARTS) is 1. The molecule has 4 heteroatoms. The Morgan fingerprint density at radius 1 is 0.941 bits per heavy atom. The molecule has 0 bridgehead atoms. The van der Waals surface area contributed by atoms with E-state index in [0.29, 0.717) is 4.35 Å². The molecule has 0 aromatic heterocycles. The van der Waals surface area contributed by atoms with Gasteiger partial charge in [-0.05, 0) is 0 Å². The predicted octanol–water partition coefficient (Wildman–Crippen LogP) is 0.483. The van der Waals surface area contributed by atoms with Crippen molar-refractivity contribution >= 4 is 29.7 Å². The van der Waals surface area contributed by atoms with Crippen molar-refractivity contribution in [2.45, 2.75) is 0 Å². The Morgan fingerprint density at radius 3 is 2.18 bits per heavy atom. The van der Waals surface area contributed by atoms with E-state index in [1.54, 1.807) is 18.2 Å². The Hall–Kier alpha value is -1.57. The van der Waals surface area contributed by atoms with Gasteiger partial charge in [-0.15, -0.1) is 0 Å². The number of carboxylic acids is 1. The fraction of sp³-hybridized carbons (Fsp3) is 0. The van der Waals surface area contributed by atoms with Crippen molar-refractivity contribution in [3.63, 3.8) is 0 Å². The number of aromatic carboxylic acids is 1. The summed E-state index contributed by atoms with van der Waals surface area (Å²) in [7, 11) is 0. The van der Waals surface area contributed by atoms with Gasteiger partial charge in [0.25, 0.3) is 0 Å². The van der Waals surface area contributed by atoms with Crippen LogP contribution in [0, 0.1) is 0 Å². The SMILES string of the molecule is O=C(O)c1ccccc1[As](O)c1ccccc1. The van der Waals surface area contributed by atoms with E-state index in [4.69, 9.17) is 5.11 Å².